The van der Waals surface area contributed by atoms with Crippen LogP contribution < -0.4 is 5.32 Å². The van der Waals surface area contributed by atoms with Crippen LogP contribution in [0, 0.1) is 0 Å². The minimum absolute atomic E-state index is 0.0469. The first-order chi connectivity index (χ1) is 9.72. The molecule has 1 N–H and O–H groups in total. The Morgan fingerprint density at radius 1 is 1.20 bits per heavy atom. The first kappa shape index (κ1) is 13.3. The summed E-state index contributed by atoms with van der Waals surface area (Å²) in [4.78, 5) is 16.3. The van der Waals surface area contributed by atoms with Crippen molar-refractivity contribution in [3.05, 3.63) is 63.9 Å². The van der Waals surface area contributed by atoms with E-state index in [2.05, 4.69) is 50.5 Å². The summed E-state index contributed by atoms with van der Waals surface area (Å²) in [5, 5.41) is 3.10. The number of rotatable bonds is 2. The Morgan fingerprint density at radius 2 is 2.00 bits per heavy atom. The highest BCUT2D eigenvalue weighted by molar-refractivity contribution is 9.10. The van der Waals surface area contributed by atoms with Gasteiger partial charge in [-0.2, -0.15) is 0 Å². The highest BCUT2D eigenvalue weighted by atomic mass is 79.9. The SMILES string of the molecule is O=C(NC1CCc2ccccc2C1)c1ccc(Br)nc1. The zero-order valence-corrected chi connectivity index (χ0v) is 12.6. The van der Waals surface area contributed by atoms with Crippen LogP contribution in [0.15, 0.2) is 47.2 Å². The second-order valence-electron chi connectivity index (χ2n) is 5.05. The molecule has 1 amide bonds. The van der Waals surface area contributed by atoms with Crippen LogP contribution in [-0.4, -0.2) is 16.9 Å². The van der Waals surface area contributed by atoms with Crippen LogP contribution in [0.5, 0.6) is 0 Å². The highest BCUT2D eigenvalue weighted by Crippen LogP contribution is 2.21. The second-order valence-corrected chi connectivity index (χ2v) is 5.86. The van der Waals surface area contributed by atoms with E-state index < -0.39 is 0 Å². The molecule has 0 spiro atoms. The zero-order chi connectivity index (χ0) is 13.9. The number of aryl methyl sites for hydroxylation is 1. The van der Waals surface area contributed by atoms with Crippen molar-refractivity contribution in [3.63, 3.8) is 0 Å². The molecule has 1 aromatic heterocycles. The number of carbonyl (C=O) groups excluding carboxylic acids is 1. The molecule has 1 atom stereocenters. The molecule has 0 saturated heterocycles. The minimum atomic E-state index is -0.0469. The third-order valence-electron chi connectivity index (χ3n) is 3.67. The van der Waals surface area contributed by atoms with Crippen molar-refractivity contribution in [1.29, 1.82) is 0 Å². The van der Waals surface area contributed by atoms with E-state index in [1.807, 2.05) is 0 Å². The number of hydrogen-bond donors (Lipinski definition) is 1. The summed E-state index contributed by atoms with van der Waals surface area (Å²) in [5.41, 5.74) is 3.35. The Bertz CT molecular complexity index is 625. The molecule has 1 aromatic carbocycles. The quantitative estimate of drug-likeness (QED) is 0.859. The van der Waals surface area contributed by atoms with E-state index in [0.717, 1.165) is 23.9 Å². The van der Waals surface area contributed by atoms with E-state index in [1.54, 1.807) is 18.3 Å². The van der Waals surface area contributed by atoms with E-state index >= 15 is 0 Å². The number of pyridine rings is 1. The molecule has 0 bridgehead atoms. The van der Waals surface area contributed by atoms with Crippen molar-refractivity contribution in [2.75, 3.05) is 0 Å². The lowest BCUT2D eigenvalue weighted by molar-refractivity contribution is 0.0933. The molecule has 3 rings (SSSR count). The Kier molecular flexibility index (Phi) is 3.83. The molecule has 0 aliphatic heterocycles. The van der Waals surface area contributed by atoms with Crippen molar-refractivity contribution in [1.82, 2.24) is 10.3 Å². The molecule has 20 heavy (non-hydrogen) atoms. The fraction of sp³-hybridized carbons (Fsp3) is 0.250. The second kappa shape index (κ2) is 5.75. The predicted molar refractivity (Wildman–Crippen MR) is 81.7 cm³/mol. The Morgan fingerprint density at radius 3 is 2.75 bits per heavy atom. The molecule has 1 aliphatic carbocycles. The number of aromatic nitrogens is 1. The van der Waals surface area contributed by atoms with Gasteiger partial charge in [0.05, 0.1) is 5.56 Å². The molecule has 0 saturated carbocycles. The van der Waals surface area contributed by atoms with Gasteiger partial charge in [-0.3, -0.25) is 4.79 Å². The summed E-state index contributed by atoms with van der Waals surface area (Å²) in [6.07, 6.45) is 4.52. The molecule has 0 radical (unpaired) electrons. The third kappa shape index (κ3) is 2.90. The van der Waals surface area contributed by atoms with Gasteiger partial charge in [-0.05, 0) is 58.5 Å². The van der Waals surface area contributed by atoms with Crippen LogP contribution in [0.25, 0.3) is 0 Å². The van der Waals surface area contributed by atoms with Gasteiger partial charge in [0.15, 0.2) is 0 Å². The summed E-state index contributed by atoms with van der Waals surface area (Å²) in [6.45, 7) is 0. The standard InChI is InChI=1S/C16H15BrN2O/c17-15-8-6-13(10-18-15)16(20)19-14-7-5-11-3-1-2-4-12(11)9-14/h1-4,6,8,10,14H,5,7,9H2,(H,19,20). The van der Waals surface area contributed by atoms with Crippen molar-refractivity contribution < 1.29 is 4.79 Å². The molecular weight excluding hydrogens is 316 g/mol. The topological polar surface area (TPSA) is 42.0 Å². The van der Waals surface area contributed by atoms with Gasteiger partial charge in [0, 0.05) is 12.2 Å². The maximum atomic E-state index is 12.2. The average Bonchev–Trinajstić information content (AvgIpc) is 2.48. The van der Waals surface area contributed by atoms with Gasteiger partial charge in [-0.15, -0.1) is 0 Å². The van der Waals surface area contributed by atoms with Gasteiger partial charge in [-0.25, -0.2) is 4.98 Å². The molecule has 1 aliphatic rings. The van der Waals surface area contributed by atoms with Gasteiger partial charge in [0.25, 0.3) is 5.91 Å². The zero-order valence-electron chi connectivity index (χ0n) is 11.0. The number of nitrogens with one attached hydrogen (secondary N) is 1. The summed E-state index contributed by atoms with van der Waals surface area (Å²) in [7, 11) is 0. The van der Waals surface area contributed by atoms with Gasteiger partial charge < -0.3 is 5.32 Å². The van der Waals surface area contributed by atoms with Gasteiger partial charge in [0.2, 0.25) is 0 Å². The molecule has 0 fully saturated rings. The maximum Gasteiger partial charge on any atom is 0.253 e. The van der Waals surface area contributed by atoms with Crippen molar-refractivity contribution >= 4 is 21.8 Å². The Balaban J connectivity index is 1.67. The first-order valence-corrected chi connectivity index (χ1v) is 7.51. The van der Waals surface area contributed by atoms with Crippen LogP contribution in [0.1, 0.15) is 27.9 Å². The number of amides is 1. The number of nitrogens with zero attached hydrogens (tertiary/aromatic N) is 1. The molecule has 102 valence electrons. The number of benzene rings is 1. The summed E-state index contributed by atoms with van der Waals surface area (Å²) in [5.74, 6) is -0.0469. The normalized spacial score (nSPS) is 17.4. The fourth-order valence-corrected chi connectivity index (χ4v) is 2.83. The lowest BCUT2D eigenvalue weighted by Gasteiger charge is -2.25. The fourth-order valence-electron chi connectivity index (χ4n) is 2.60. The molecule has 4 heteroatoms. The first-order valence-electron chi connectivity index (χ1n) is 6.71. The van der Waals surface area contributed by atoms with E-state index in [-0.39, 0.29) is 11.9 Å². The number of halogens is 1. The molecule has 2 aromatic rings. The third-order valence-corrected chi connectivity index (χ3v) is 4.14. The molecule has 3 nitrogen and oxygen atoms in total. The monoisotopic (exact) mass is 330 g/mol. The Labute approximate surface area is 126 Å². The lowest BCUT2D eigenvalue weighted by Crippen LogP contribution is -2.38. The van der Waals surface area contributed by atoms with Crippen molar-refractivity contribution in [3.8, 4) is 0 Å². The molecule has 1 heterocycles. The van der Waals surface area contributed by atoms with Crippen LogP contribution >= 0.6 is 15.9 Å². The maximum absolute atomic E-state index is 12.2. The number of carbonyl (C=O) groups is 1. The minimum Gasteiger partial charge on any atom is -0.349 e. The van der Waals surface area contributed by atoms with Gasteiger partial charge >= 0.3 is 0 Å². The predicted octanol–water partition coefficient (Wildman–Crippen LogP) is 3.13. The van der Waals surface area contributed by atoms with Crippen molar-refractivity contribution in [2.45, 2.75) is 25.3 Å². The summed E-state index contributed by atoms with van der Waals surface area (Å²) >= 11 is 3.27. The van der Waals surface area contributed by atoms with Crippen LogP contribution in [0.4, 0.5) is 0 Å². The van der Waals surface area contributed by atoms with E-state index in [9.17, 15) is 4.79 Å². The van der Waals surface area contributed by atoms with Crippen LogP contribution in [0.2, 0.25) is 0 Å². The molecular formula is C16H15BrN2O. The van der Waals surface area contributed by atoms with E-state index in [0.29, 0.717) is 5.56 Å². The molecule has 1 unspecified atom stereocenters. The number of hydrogen-bond acceptors (Lipinski definition) is 2. The summed E-state index contributed by atoms with van der Waals surface area (Å²) < 4.78 is 0.737. The number of fused-ring (bicyclic) bond motifs is 1. The smallest absolute Gasteiger partial charge is 0.253 e. The average molecular weight is 331 g/mol. The van der Waals surface area contributed by atoms with E-state index in [1.165, 1.54) is 11.1 Å². The largest absolute Gasteiger partial charge is 0.349 e. The van der Waals surface area contributed by atoms with Gasteiger partial charge in [-0.1, -0.05) is 24.3 Å². The van der Waals surface area contributed by atoms with E-state index in [4.69, 9.17) is 0 Å². The van der Waals surface area contributed by atoms with Crippen LogP contribution in [0.3, 0.4) is 0 Å². The highest BCUT2D eigenvalue weighted by Gasteiger charge is 2.20. The summed E-state index contributed by atoms with van der Waals surface area (Å²) in [6, 6.07) is 12.2. The van der Waals surface area contributed by atoms with Crippen LogP contribution in [-0.2, 0) is 12.8 Å². The van der Waals surface area contributed by atoms with Crippen molar-refractivity contribution in [2.24, 2.45) is 0 Å². The lowest BCUT2D eigenvalue weighted by atomic mass is 9.88. The van der Waals surface area contributed by atoms with Gasteiger partial charge in [0.1, 0.15) is 4.60 Å². The Hall–Kier alpha value is -1.68.